The van der Waals surface area contributed by atoms with Gasteiger partial charge in [-0.2, -0.15) is 0 Å². The molecule has 1 unspecified atom stereocenters. The number of ether oxygens (including phenoxy) is 1. The monoisotopic (exact) mass is 249 g/mol. The predicted octanol–water partition coefficient (Wildman–Crippen LogP) is 1.91. The maximum Gasteiger partial charge on any atom is 0.335 e. The minimum atomic E-state index is -0.873. The van der Waals surface area contributed by atoms with Crippen LogP contribution < -0.4 is 0 Å². The Balaban J connectivity index is 2.06. The zero-order valence-electron chi connectivity index (χ0n) is 10.8. The van der Waals surface area contributed by atoms with Crippen LogP contribution in [0.1, 0.15) is 27.9 Å². The van der Waals surface area contributed by atoms with Crippen molar-refractivity contribution in [1.82, 2.24) is 4.90 Å². The van der Waals surface area contributed by atoms with E-state index in [1.807, 2.05) is 13.0 Å². The van der Waals surface area contributed by atoms with Gasteiger partial charge in [-0.3, -0.25) is 4.90 Å². The van der Waals surface area contributed by atoms with E-state index in [1.165, 1.54) is 5.56 Å². The molecule has 0 amide bonds. The number of carboxylic acids is 1. The highest BCUT2D eigenvalue weighted by molar-refractivity contribution is 5.87. The van der Waals surface area contributed by atoms with Crippen LogP contribution in [0, 0.1) is 6.92 Å². The van der Waals surface area contributed by atoms with Crippen molar-refractivity contribution in [2.24, 2.45) is 0 Å². The molecule has 1 saturated heterocycles. The lowest BCUT2D eigenvalue weighted by Crippen LogP contribution is -2.31. The molecule has 0 aliphatic carbocycles. The quantitative estimate of drug-likeness (QED) is 0.885. The van der Waals surface area contributed by atoms with Crippen molar-refractivity contribution >= 4 is 5.97 Å². The molecule has 4 heteroatoms. The zero-order chi connectivity index (χ0) is 13.1. The number of hydrogen-bond acceptors (Lipinski definition) is 3. The Kier molecular flexibility index (Phi) is 3.99. The van der Waals surface area contributed by atoms with E-state index in [0.717, 1.165) is 31.7 Å². The number of nitrogens with zero attached hydrogens (tertiary/aromatic N) is 1. The molecule has 1 aromatic rings. The Morgan fingerprint density at radius 3 is 2.89 bits per heavy atom. The molecule has 18 heavy (non-hydrogen) atoms. The van der Waals surface area contributed by atoms with Crippen molar-refractivity contribution in [1.29, 1.82) is 0 Å². The molecular weight excluding hydrogens is 230 g/mol. The highest BCUT2D eigenvalue weighted by Gasteiger charge is 2.20. The van der Waals surface area contributed by atoms with E-state index in [0.29, 0.717) is 11.6 Å². The van der Waals surface area contributed by atoms with Crippen molar-refractivity contribution in [2.75, 3.05) is 20.3 Å². The van der Waals surface area contributed by atoms with Crippen molar-refractivity contribution in [3.63, 3.8) is 0 Å². The maximum atomic E-state index is 10.9. The Morgan fingerprint density at radius 2 is 2.33 bits per heavy atom. The summed E-state index contributed by atoms with van der Waals surface area (Å²) in [4.78, 5) is 13.1. The molecule has 0 saturated carbocycles. The number of rotatable bonds is 4. The van der Waals surface area contributed by atoms with Gasteiger partial charge in [0.2, 0.25) is 0 Å². The van der Waals surface area contributed by atoms with Crippen LogP contribution in [0.2, 0.25) is 0 Å². The SMILES string of the molecule is Cc1cc(C(=O)O)ccc1CN(C)C1CCOC1. The second-order valence-electron chi connectivity index (χ2n) is 4.88. The maximum absolute atomic E-state index is 10.9. The molecule has 0 radical (unpaired) electrons. The lowest BCUT2D eigenvalue weighted by molar-refractivity contribution is 0.0696. The van der Waals surface area contributed by atoms with E-state index >= 15 is 0 Å². The molecular formula is C14H19NO3. The summed E-state index contributed by atoms with van der Waals surface area (Å²) in [7, 11) is 2.09. The molecule has 1 N–H and O–H groups in total. The first-order chi connectivity index (χ1) is 8.58. The van der Waals surface area contributed by atoms with Crippen LogP contribution in [0.15, 0.2) is 18.2 Å². The van der Waals surface area contributed by atoms with Gasteiger partial charge in [-0.05, 0) is 43.7 Å². The van der Waals surface area contributed by atoms with Crippen LogP contribution in [0.25, 0.3) is 0 Å². The Labute approximate surface area is 107 Å². The molecule has 1 aromatic carbocycles. The van der Waals surface area contributed by atoms with Gasteiger partial charge in [0.15, 0.2) is 0 Å². The third kappa shape index (κ3) is 2.89. The number of aryl methyl sites for hydroxylation is 1. The average Bonchev–Trinajstić information content (AvgIpc) is 2.85. The van der Waals surface area contributed by atoms with Gasteiger partial charge in [-0.25, -0.2) is 4.79 Å². The van der Waals surface area contributed by atoms with Crippen LogP contribution in [0.3, 0.4) is 0 Å². The Morgan fingerprint density at radius 1 is 1.56 bits per heavy atom. The predicted molar refractivity (Wildman–Crippen MR) is 68.8 cm³/mol. The van der Waals surface area contributed by atoms with Gasteiger partial charge < -0.3 is 9.84 Å². The average molecular weight is 249 g/mol. The van der Waals surface area contributed by atoms with Crippen molar-refractivity contribution in [3.05, 3.63) is 34.9 Å². The van der Waals surface area contributed by atoms with Gasteiger partial charge in [0.05, 0.1) is 12.2 Å². The minimum Gasteiger partial charge on any atom is -0.478 e. The number of likely N-dealkylation sites (N-methyl/N-ethyl adjacent to an activating group) is 1. The second-order valence-corrected chi connectivity index (χ2v) is 4.88. The topological polar surface area (TPSA) is 49.8 Å². The lowest BCUT2D eigenvalue weighted by Gasteiger charge is -2.23. The van der Waals surface area contributed by atoms with Crippen LogP contribution in [-0.2, 0) is 11.3 Å². The molecule has 2 rings (SSSR count). The number of hydrogen-bond donors (Lipinski definition) is 1. The smallest absolute Gasteiger partial charge is 0.335 e. The summed E-state index contributed by atoms with van der Waals surface area (Å²) in [6.07, 6.45) is 1.07. The number of benzene rings is 1. The molecule has 98 valence electrons. The van der Waals surface area contributed by atoms with Crippen molar-refractivity contribution in [3.8, 4) is 0 Å². The summed E-state index contributed by atoms with van der Waals surface area (Å²) in [6, 6.07) is 5.79. The second kappa shape index (κ2) is 5.50. The highest BCUT2D eigenvalue weighted by Crippen LogP contribution is 2.17. The standard InChI is InChI=1S/C14H19NO3/c1-10-7-11(14(16)17)3-4-12(10)8-15(2)13-5-6-18-9-13/h3-4,7,13H,5-6,8-9H2,1-2H3,(H,16,17). The number of aromatic carboxylic acids is 1. The normalized spacial score (nSPS) is 19.4. The third-order valence-corrected chi connectivity index (χ3v) is 3.54. The molecule has 0 spiro atoms. The molecule has 1 aliphatic heterocycles. The molecule has 1 atom stereocenters. The summed E-state index contributed by atoms with van der Waals surface area (Å²) >= 11 is 0. The minimum absolute atomic E-state index is 0.350. The van der Waals surface area contributed by atoms with E-state index in [-0.39, 0.29) is 0 Å². The molecule has 1 aliphatic rings. The molecule has 0 bridgehead atoms. The van der Waals surface area contributed by atoms with Gasteiger partial charge in [0, 0.05) is 19.2 Å². The van der Waals surface area contributed by atoms with Crippen LogP contribution in [0.5, 0.6) is 0 Å². The molecule has 1 fully saturated rings. The van der Waals surface area contributed by atoms with Crippen LogP contribution in [-0.4, -0.2) is 42.3 Å². The van der Waals surface area contributed by atoms with Gasteiger partial charge >= 0.3 is 5.97 Å². The van der Waals surface area contributed by atoms with Crippen LogP contribution in [0.4, 0.5) is 0 Å². The van der Waals surface area contributed by atoms with Crippen molar-refractivity contribution < 1.29 is 14.6 Å². The van der Waals surface area contributed by atoms with Gasteiger partial charge in [-0.15, -0.1) is 0 Å². The van der Waals surface area contributed by atoms with Gasteiger partial charge in [0.25, 0.3) is 0 Å². The highest BCUT2D eigenvalue weighted by atomic mass is 16.5. The zero-order valence-corrected chi connectivity index (χ0v) is 10.8. The fourth-order valence-electron chi connectivity index (χ4n) is 2.27. The van der Waals surface area contributed by atoms with E-state index in [2.05, 4.69) is 11.9 Å². The third-order valence-electron chi connectivity index (χ3n) is 3.54. The first-order valence-corrected chi connectivity index (χ1v) is 6.18. The number of carboxylic acid groups (broad SMARTS) is 1. The molecule has 1 heterocycles. The first kappa shape index (κ1) is 13.1. The molecule has 4 nitrogen and oxygen atoms in total. The fourth-order valence-corrected chi connectivity index (χ4v) is 2.27. The summed E-state index contributed by atoms with van der Waals surface area (Å²) < 4.78 is 5.38. The number of carbonyl (C=O) groups is 1. The lowest BCUT2D eigenvalue weighted by atomic mass is 10.0. The Bertz CT molecular complexity index is 439. The largest absolute Gasteiger partial charge is 0.478 e. The summed E-state index contributed by atoms with van der Waals surface area (Å²) in [6.45, 7) is 4.43. The fraction of sp³-hybridized carbons (Fsp3) is 0.500. The van der Waals surface area contributed by atoms with E-state index in [4.69, 9.17) is 9.84 Å². The summed E-state index contributed by atoms with van der Waals surface area (Å²) in [5.74, 6) is -0.873. The summed E-state index contributed by atoms with van der Waals surface area (Å²) in [5.41, 5.74) is 2.55. The van der Waals surface area contributed by atoms with E-state index in [9.17, 15) is 4.79 Å². The van der Waals surface area contributed by atoms with Gasteiger partial charge in [-0.1, -0.05) is 6.07 Å². The molecule has 0 aromatic heterocycles. The first-order valence-electron chi connectivity index (χ1n) is 6.18. The Hall–Kier alpha value is -1.39. The van der Waals surface area contributed by atoms with Gasteiger partial charge in [0.1, 0.15) is 0 Å². The van der Waals surface area contributed by atoms with Crippen molar-refractivity contribution in [2.45, 2.75) is 25.9 Å². The van der Waals surface area contributed by atoms with E-state index in [1.54, 1.807) is 12.1 Å². The van der Waals surface area contributed by atoms with E-state index < -0.39 is 5.97 Å². The van der Waals surface area contributed by atoms with Crippen LogP contribution >= 0.6 is 0 Å². The summed E-state index contributed by atoms with van der Waals surface area (Å²) in [5, 5.41) is 8.93.